The Morgan fingerprint density at radius 2 is 1.89 bits per heavy atom. The third-order valence-corrected chi connectivity index (χ3v) is 1.28. The van der Waals surface area contributed by atoms with Gasteiger partial charge in [0.1, 0.15) is 0 Å². The van der Waals surface area contributed by atoms with E-state index in [-0.39, 0.29) is 0 Å². The van der Waals surface area contributed by atoms with E-state index in [0.29, 0.717) is 12.0 Å². The molecular formula is C8H17N. The maximum absolute atomic E-state index is 4.27. The van der Waals surface area contributed by atoms with Crippen molar-refractivity contribution in [1.29, 1.82) is 0 Å². The van der Waals surface area contributed by atoms with Crippen LogP contribution in [0, 0.1) is 5.92 Å². The van der Waals surface area contributed by atoms with Gasteiger partial charge >= 0.3 is 0 Å². The van der Waals surface area contributed by atoms with Gasteiger partial charge < -0.3 is 0 Å². The highest BCUT2D eigenvalue weighted by molar-refractivity contribution is 5.60. The smallest absolute Gasteiger partial charge is 0.0439 e. The third kappa shape index (κ3) is 5.54. The van der Waals surface area contributed by atoms with Crippen LogP contribution in [-0.4, -0.2) is 12.3 Å². The molecular weight excluding hydrogens is 110 g/mol. The van der Waals surface area contributed by atoms with Gasteiger partial charge in [-0.05, 0) is 26.2 Å². The second kappa shape index (κ2) is 4.54. The van der Waals surface area contributed by atoms with Crippen LogP contribution in [0.3, 0.4) is 0 Å². The van der Waals surface area contributed by atoms with Gasteiger partial charge in [0.2, 0.25) is 0 Å². The van der Waals surface area contributed by atoms with Crippen molar-refractivity contribution in [2.75, 3.05) is 0 Å². The van der Waals surface area contributed by atoms with Gasteiger partial charge in [0.15, 0.2) is 0 Å². The summed E-state index contributed by atoms with van der Waals surface area (Å²) in [5.41, 5.74) is 0. The molecule has 54 valence electrons. The van der Waals surface area contributed by atoms with Crippen LogP contribution in [0.2, 0.25) is 0 Å². The summed E-state index contributed by atoms with van der Waals surface area (Å²) in [5, 5.41) is 0. The van der Waals surface area contributed by atoms with Gasteiger partial charge in [0.25, 0.3) is 0 Å². The highest BCUT2D eigenvalue weighted by Crippen LogP contribution is 1.96. The van der Waals surface area contributed by atoms with E-state index in [1.807, 2.05) is 6.21 Å². The number of hydrogen-bond donors (Lipinski definition) is 0. The van der Waals surface area contributed by atoms with Crippen LogP contribution in [0.25, 0.3) is 0 Å². The summed E-state index contributed by atoms with van der Waals surface area (Å²) in [6.45, 7) is 8.56. The van der Waals surface area contributed by atoms with Crippen molar-refractivity contribution in [3.8, 4) is 0 Å². The molecule has 0 rings (SSSR count). The van der Waals surface area contributed by atoms with Gasteiger partial charge in [-0.25, -0.2) is 0 Å². The summed E-state index contributed by atoms with van der Waals surface area (Å²) in [4.78, 5) is 4.27. The van der Waals surface area contributed by atoms with Gasteiger partial charge in [-0.1, -0.05) is 13.8 Å². The average molecular weight is 127 g/mol. The molecule has 0 aliphatic heterocycles. The van der Waals surface area contributed by atoms with E-state index in [9.17, 15) is 0 Å². The van der Waals surface area contributed by atoms with Gasteiger partial charge in [0, 0.05) is 12.3 Å². The summed E-state index contributed by atoms with van der Waals surface area (Å²) in [6.07, 6.45) is 3.24. The van der Waals surface area contributed by atoms with Crippen molar-refractivity contribution >= 4 is 6.21 Å². The fourth-order valence-electron chi connectivity index (χ4n) is 0.424. The van der Waals surface area contributed by atoms with E-state index in [1.165, 1.54) is 6.42 Å². The molecule has 1 heteroatoms. The predicted octanol–water partition coefficient (Wildman–Crippen LogP) is 2.51. The zero-order valence-electron chi connectivity index (χ0n) is 6.89. The van der Waals surface area contributed by atoms with Gasteiger partial charge in [-0.3, -0.25) is 4.99 Å². The van der Waals surface area contributed by atoms with Gasteiger partial charge in [-0.15, -0.1) is 0 Å². The van der Waals surface area contributed by atoms with Crippen LogP contribution in [0.4, 0.5) is 0 Å². The molecule has 0 amide bonds. The second-order valence-corrected chi connectivity index (χ2v) is 2.78. The summed E-state index contributed by atoms with van der Waals surface area (Å²) >= 11 is 0. The van der Waals surface area contributed by atoms with E-state index >= 15 is 0 Å². The average Bonchev–Trinajstić information content (AvgIpc) is 1.83. The summed E-state index contributed by atoms with van der Waals surface area (Å²) in [5.74, 6) is 0.646. The minimum absolute atomic E-state index is 0.457. The molecule has 1 unspecified atom stereocenters. The Morgan fingerprint density at radius 3 is 2.22 bits per heavy atom. The third-order valence-electron chi connectivity index (χ3n) is 1.28. The zero-order valence-corrected chi connectivity index (χ0v) is 6.89. The van der Waals surface area contributed by atoms with Crippen LogP contribution in [0.5, 0.6) is 0 Å². The molecule has 0 N–H and O–H groups in total. The quantitative estimate of drug-likeness (QED) is 0.516. The first-order valence-electron chi connectivity index (χ1n) is 3.70. The van der Waals surface area contributed by atoms with Crippen LogP contribution in [0.1, 0.15) is 34.1 Å². The first-order valence-corrected chi connectivity index (χ1v) is 3.70. The predicted molar refractivity (Wildman–Crippen MR) is 43.1 cm³/mol. The van der Waals surface area contributed by atoms with Crippen molar-refractivity contribution in [3.05, 3.63) is 0 Å². The number of rotatable bonds is 3. The zero-order chi connectivity index (χ0) is 7.28. The van der Waals surface area contributed by atoms with Crippen LogP contribution in [0.15, 0.2) is 4.99 Å². The largest absolute Gasteiger partial charge is 0.295 e. The number of nitrogens with zero attached hydrogens (tertiary/aromatic N) is 1. The van der Waals surface area contributed by atoms with E-state index < -0.39 is 0 Å². The first-order chi connectivity index (χ1) is 4.16. The molecule has 0 radical (unpaired) electrons. The minimum atomic E-state index is 0.457. The normalized spacial score (nSPS) is 15.2. The van der Waals surface area contributed by atoms with E-state index in [1.54, 1.807) is 0 Å². The van der Waals surface area contributed by atoms with Crippen LogP contribution < -0.4 is 0 Å². The van der Waals surface area contributed by atoms with Gasteiger partial charge in [-0.2, -0.15) is 0 Å². The molecule has 0 aromatic heterocycles. The molecule has 1 nitrogen and oxygen atoms in total. The lowest BCUT2D eigenvalue weighted by atomic mass is 10.1. The summed E-state index contributed by atoms with van der Waals surface area (Å²) < 4.78 is 0. The van der Waals surface area contributed by atoms with E-state index in [2.05, 4.69) is 32.7 Å². The Balaban J connectivity index is 3.43. The van der Waals surface area contributed by atoms with Crippen molar-refractivity contribution in [2.45, 2.75) is 40.2 Å². The molecule has 0 fully saturated rings. The van der Waals surface area contributed by atoms with Gasteiger partial charge in [0.05, 0.1) is 0 Å². The lowest BCUT2D eigenvalue weighted by Gasteiger charge is -1.99. The topological polar surface area (TPSA) is 12.4 Å². The van der Waals surface area contributed by atoms with E-state index in [4.69, 9.17) is 0 Å². The lowest BCUT2D eigenvalue weighted by molar-refractivity contribution is 0.736. The standard InChI is InChI=1S/C8H17N/c1-5-8(4)6-9-7(2)3/h6-8H,5H2,1-4H3/b9-6-. The Bertz CT molecular complexity index is 84.6. The summed E-state index contributed by atoms with van der Waals surface area (Å²) in [7, 11) is 0. The maximum Gasteiger partial charge on any atom is 0.0439 e. The highest BCUT2D eigenvalue weighted by atomic mass is 14.7. The molecule has 0 aliphatic carbocycles. The minimum Gasteiger partial charge on any atom is -0.295 e. The molecule has 0 aromatic rings. The Labute approximate surface area is 58.2 Å². The Morgan fingerprint density at radius 1 is 1.33 bits per heavy atom. The van der Waals surface area contributed by atoms with Crippen molar-refractivity contribution in [2.24, 2.45) is 10.9 Å². The molecule has 0 aromatic carbocycles. The summed E-state index contributed by atoms with van der Waals surface area (Å²) in [6, 6.07) is 0.457. The molecule has 0 saturated heterocycles. The fraction of sp³-hybridized carbons (Fsp3) is 0.875. The molecule has 0 bridgehead atoms. The Hall–Kier alpha value is -0.330. The molecule has 1 atom stereocenters. The SMILES string of the molecule is CCC(C)/C=N\C(C)C. The van der Waals surface area contributed by atoms with Crippen molar-refractivity contribution in [1.82, 2.24) is 0 Å². The van der Waals surface area contributed by atoms with Crippen molar-refractivity contribution < 1.29 is 0 Å². The van der Waals surface area contributed by atoms with E-state index in [0.717, 1.165) is 0 Å². The maximum atomic E-state index is 4.27. The molecule has 0 saturated carbocycles. The molecule has 0 heterocycles. The number of hydrogen-bond acceptors (Lipinski definition) is 1. The fourth-order valence-corrected chi connectivity index (χ4v) is 0.424. The van der Waals surface area contributed by atoms with Crippen LogP contribution >= 0.6 is 0 Å². The molecule has 9 heavy (non-hydrogen) atoms. The first kappa shape index (κ1) is 8.67. The van der Waals surface area contributed by atoms with Crippen molar-refractivity contribution in [3.63, 3.8) is 0 Å². The monoisotopic (exact) mass is 127 g/mol. The Kier molecular flexibility index (Phi) is 4.37. The lowest BCUT2D eigenvalue weighted by Crippen LogP contribution is -1.96. The van der Waals surface area contributed by atoms with Crippen LogP contribution in [-0.2, 0) is 0 Å². The molecule has 0 aliphatic rings. The number of aliphatic imine (C=N–C) groups is 1. The highest BCUT2D eigenvalue weighted by Gasteiger charge is 1.91. The second-order valence-electron chi connectivity index (χ2n) is 2.78. The molecule has 0 spiro atoms.